The number of piperazine rings is 1. The zero-order chi connectivity index (χ0) is 46.5. The van der Waals surface area contributed by atoms with E-state index in [0.29, 0.717) is 85.1 Å². The van der Waals surface area contributed by atoms with Gasteiger partial charge in [0, 0.05) is 50.1 Å². The number of methoxy groups -OCH3 is 1. The van der Waals surface area contributed by atoms with Gasteiger partial charge in [-0.3, -0.25) is 24.1 Å². The van der Waals surface area contributed by atoms with Crippen LogP contribution in [0, 0.1) is 6.92 Å². The molecule has 1 saturated carbocycles. The summed E-state index contributed by atoms with van der Waals surface area (Å²) in [6.07, 6.45) is 3.67. The minimum atomic E-state index is -1.97. The second kappa shape index (κ2) is 20.6. The first kappa shape index (κ1) is 47.9. The van der Waals surface area contributed by atoms with Crippen molar-refractivity contribution in [1.29, 1.82) is 0 Å². The molecule has 1 aliphatic carbocycles. The predicted molar refractivity (Wildman–Crippen MR) is 255 cm³/mol. The Balaban J connectivity index is 0.908. The van der Waals surface area contributed by atoms with Crippen LogP contribution < -0.4 is 26.0 Å². The maximum atomic E-state index is 15.1. The Kier molecular flexibility index (Phi) is 15.2. The number of rotatable bonds is 18. The lowest BCUT2D eigenvalue weighted by atomic mass is 10.00. The third-order valence-corrected chi connectivity index (χ3v) is 15.1. The van der Waals surface area contributed by atoms with E-state index in [0.717, 1.165) is 34.7 Å². The lowest BCUT2D eigenvalue weighted by Gasteiger charge is -2.38. The average Bonchev–Trinajstić information content (AvgIpc) is 3.63. The topological polar surface area (TPSA) is 174 Å². The molecule has 3 atom stereocenters. The number of alkyl halides is 1. The van der Waals surface area contributed by atoms with Gasteiger partial charge in [-0.15, -0.1) is 11.3 Å². The molecule has 0 unspecified atom stereocenters. The van der Waals surface area contributed by atoms with Gasteiger partial charge in [0.2, 0.25) is 17.8 Å². The lowest BCUT2D eigenvalue weighted by Crippen LogP contribution is -2.61. The number of thiazole rings is 1. The maximum Gasteiger partial charge on any atom is 0.258 e. The van der Waals surface area contributed by atoms with Gasteiger partial charge in [-0.1, -0.05) is 35.9 Å². The fraction of sp³-hybridized carbons (Fsp3) is 0.500. The number of halogens is 2. The van der Waals surface area contributed by atoms with Gasteiger partial charge in [0.05, 0.1) is 41.1 Å². The predicted octanol–water partition coefficient (Wildman–Crippen LogP) is 6.87. The van der Waals surface area contributed by atoms with Crippen molar-refractivity contribution >= 4 is 75.8 Å². The number of hydrogen-bond acceptors (Lipinski definition) is 13. The van der Waals surface area contributed by atoms with Crippen LogP contribution in [0.3, 0.4) is 0 Å². The van der Waals surface area contributed by atoms with Gasteiger partial charge >= 0.3 is 0 Å². The maximum absolute atomic E-state index is 15.1. The molecule has 2 aromatic carbocycles. The highest BCUT2D eigenvalue weighted by Gasteiger charge is 2.53. The SMILES string of the molecule is CNc1nc(Nc2ccc(C(=O)N3CCN(CCCSC(C)(C)[C@H](NC(=O)C4(F)CC4)C(=O)N4CCC[C@H]4C(=O)N[C@@H](C)c4ccc(-c5scnc5C)cc4)CC3)cc2OC)ncc1Cl. The van der Waals surface area contributed by atoms with Gasteiger partial charge in [0.25, 0.3) is 11.8 Å². The van der Waals surface area contributed by atoms with Gasteiger partial charge in [-0.25, -0.2) is 14.4 Å². The van der Waals surface area contributed by atoms with Crippen LogP contribution in [0.15, 0.2) is 54.2 Å². The van der Waals surface area contributed by atoms with E-state index in [2.05, 4.69) is 41.1 Å². The first-order valence-electron chi connectivity index (χ1n) is 22.0. The zero-order valence-electron chi connectivity index (χ0n) is 37.7. The monoisotopic (exact) mass is 948 g/mol. The van der Waals surface area contributed by atoms with Crippen LogP contribution in [0.5, 0.6) is 5.75 Å². The van der Waals surface area contributed by atoms with Crippen LogP contribution in [0.4, 0.5) is 21.8 Å². The number of likely N-dealkylation sites (tertiary alicyclic amines) is 1. The molecular weight excluding hydrogens is 891 g/mol. The summed E-state index contributed by atoms with van der Waals surface area (Å²) in [5, 5.41) is 12.3. The average molecular weight is 950 g/mol. The number of amides is 4. The van der Waals surface area contributed by atoms with Crippen LogP contribution in [0.2, 0.25) is 5.02 Å². The number of carbonyl (C=O) groups is 4. The molecule has 0 bridgehead atoms. The first-order chi connectivity index (χ1) is 31.1. The number of hydrogen-bond donors (Lipinski definition) is 4. The highest BCUT2D eigenvalue weighted by molar-refractivity contribution is 8.00. The number of benzene rings is 2. The third-order valence-electron chi connectivity index (χ3n) is 12.4. The van der Waals surface area contributed by atoms with Crippen molar-refractivity contribution < 1.29 is 28.3 Å². The number of carbonyl (C=O) groups excluding carboxylic acids is 4. The van der Waals surface area contributed by atoms with Gasteiger partial charge in [-0.05, 0) is 101 Å². The highest BCUT2D eigenvalue weighted by atomic mass is 35.5. The molecule has 4 aromatic rings. The smallest absolute Gasteiger partial charge is 0.258 e. The number of thioether (sulfide) groups is 1. The molecule has 2 aromatic heterocycles. The molecule has 4 amide bonds. The van der Waals surface area contributed by atoms with Gasteiger partial charge in [0.1, 0.15) is 28.7 Å². The second-order valence-electron chi connectivity index (χ2n) is 17.3. The second-order valence-corrected chi connectivity index (χ2v) is 20.3. The molecule has 0 radical (unpaired) electrons. The molecule has 3 aliphatic rings. The summed E-state index contributed by atoms with van der Waals surface area (Å²) in [6.45, 7) is 11.3. The molecule has 4 N–H and O–H groups in total. The van der Waals surface area contributed by atoms with E-state index >= 15 is 4.39 Å². The van der Waals surface area contributed by atoms with Gasteiger partial charge in [0.15, 0.2) is 5.67 Å². The summed E-state index contributed by atoms with van der Waals surface area (Å²) in [7, 11) is 3.25. The Hall–Kier alpha value is -5.04. The van der Waals surface area contributed by atoms with Crippen molar-refractivity contribution in [3.63, 3.8) is 0 Å². The molecule has 3 fully saturated rings. The lowest BCUT2D eigenvalue weighted by molar-refractivity contribution is -0.143. The van der Waals surface area contributed by atoms with Crippen molar-refractivity contribution in [3.05, 3.63) is 76.0 Å². The van der Waals surface area contributed by atoms with E-state index in [9.17, 15) is 19.2 Å². The van der Waals surface area contributed by atoms with Crippen LogP contribution in [-0.4, -0.2) is 135 Å². The van der Waals surface area contributed by atoms with E-state index in [-0.39, 0.29) is 36.6 Å². The quantitative estimate of drug-likeness (QED) is 0.0764. The number of nitrogens with one attached hydrogen (secondary N) is 4. The molecule has 0 spiro atoms. The molecule has 7 rings (SSSR count). The van der Waals surface area contributed by atoms with Crippen LogP contribution >= 0.6 is 34.7 Å². The van der Waals surface area contributed by atoms with Crippen LogP contribution in [-0.2, 0) is 14.4 Å². The minimum absolute atomic E-state index is 0.0915. The van der Waals surface area contributed by atoms with Crippen molar-refractivity contribution in [1.82, 2.24) is 40.3 Å². The number of aryl methyl sites for hydroxylation is 1. The summed E-state index contributed by atoms with van der Waals surface area (Å²) in [6, 6.07) is 11.2. The number of anilines is 3. The van der Waals surface area contributed by atoms with Crippen molar-refractivity contribution in [2.45, 2.75) is 88.3 Å². The normalized spacial score (nSPS) is 18.1. The third kappa shape index (κ3) is 11.3. The first-order valence-corrected chi connectivity index (χ1v) is 24.3. The fourth-order valence-corrected chi connectivity index (χ4v) is 10.3. The van der Waals surface area contributed by atoms with E-state index in [1.54, 1.807) is 53.2 Å². The Morgan fingerprint density at radius 2 is 1.78 bits per heavy atom. The van der Waals surface area contributed by atoms with E-state index < -0.39 is 28.4 Å². The molecule has 2 aliphatic heterocycles. The molecule has 65 heavy (non-hydrogen) atoms. The van der Waals surface area contributed by atoms with E-state index in [1.165, 1.54) is 13.3 Å². The number of aromatic nitrogens is 3. The summed E-state index contributed by atoms with van der Waals surface area (Å²) in [4.78, 5) is 74.8. The molecule has 2 saturated heterocycles. The van der Waals surface area contributed by atoms with Gasteiger partial charge in [-0.2, -0.15) is 16.7 Å². The van der Waals surface area contributed by atoms with Crippen LogP contribution in [0.1, 0.15) is 80.5 Å². The van der Waals surface area contributed by atoms with Crippen LogP contribution in [0.25, 0.3) is 10.4 Å². The standard InChI is InChI=1S/C46H58ClFN10O5S2/c1-28(30-10-12-31(13-11-30)37-29(2)51-27-64-37)52-40(59)35-9-7-19-58(35)42(61)38(54-43(62)46(48)16-17-46)45(3,4)65-24-8-18-56-20-22-57(23-21-56)41(60)32-14-15-34(36(25-32)63-6)53-44-50-26-33(47)39(49-5)55-44/h10-15,25-28,35,38H,7-9,16-24H2,1-6H3,(H,52,59)(H,54,62)(H2,49,50,53,55)/t28-,35-,38+/m0/s1. The summed E-state index contributed by atoms with van der Waals surface area (Å²) < 4.78 is 19.9. The van der Waals surface area contributed by atoms with Gasteiger partial charge < -0.3 is 35.8 Å². The molecule has 15 nitrogen and oxygen atoms in total. The number of ether oxygens (including phenoxy) is 1. The largest absolute Gasteiger partial charge is 0.495 e. The molecule has 348 valence electrons. The molecular formula is C46H58ClFN10O5S2. The zero-order valence-corrected chi connectivity index (χ0v) is 40.1. The van der Waals surface area contributed by atoms with Crippen molar-refractivity contribution in [2.24, 2.45) is 0 Å². The fourth-order valence-electron chi connectivity index (χ4n) is 8.21. The Labute approximate surface area is 393 Å². The van der Waals surface area contributed by atoms with Crippen molar-refractivity contribution in [2.75, 3.05) is 69.8 Å². The minimum Gasteiger partial charge on any atom is -0.495 e. The molecule has 4 heterocycles. The molecule has 19 heteroatoms. The summed E-state index contributed by atoms with van der Waals surface area (Å²) in [5.74, 6) is 0.441. The Morgan fingerprint density at radius 3 is 2.45 bits per heavy atom. The Bertz CT molecular complexity index is 2360. The number of nitrogens with zero attached hydrogens (tertiary/aromatic N) is 6. The summed E-state index contributed by atoms with van der Waals surface area (Å²) in [5.41, 5.74) is 3.93. The highest BCUT2D eigenvalue weighted by Crippen LogP contribution is 2.41. The van der Waals surface area contributed by atoms with Crippen molar-refractivity contribution in [3.8, 4) is 16.2 Å². The Morgan fingerprint density at radius 1 is 1.05 bits per heavy atom. The van der Waals surface area contributed by atoms with E-state index in [1.807, 2.05) is 62.4 Å². The van der Waals surface area contributed by atoms with E-state index in [4.69, 9.17) is 16.3 Å². The summed E-state index contributed by atoms with van der Waals surface area (Å²) >= 11 is 9.26.